The predicted octanol–water partition coefficient (Wildman–Crippen LogP) is -0.134. The van der Waals surface area contributed by atoms with Crippen LogP contribution in [-0.2, 0) is 3.96 Å². The Labute approximate surface area is 41.0 Å². The second-order valence-corrected chi connectivity index (χ2v) is 2.20. The molecule has 0 atom stereocenters. The normalized spacial score (nSPS) is 25.5. The van der Waals surface area contributed by atoms with Gasteiger partial charge in [-0.25, -0.2) is 0 Å². The molecule has 0 unspecified atom stereocenters. The number of hydrogen-bond donors (Lipinski definition) is 0. The van der Waals surface area contributed by atoms with Crippen molar-refractivity contribution in [3.05, 3.63) is 0 Å². The highest BCUT2D eigenvalue weighted by molar-refractivity contribution is 7.95. The van der Waals surface area contributed by atoms with Gasteiger partial charge in [0.25, 0.3) is 0 Å². The molecule has 0 amide bonds. The first-order valence-corrected chi connectivity index (χ1v) is 2.82. The fourth-order valence-electron chi connectivity index (χ4n) is 0.388. The van der Waals surface area contributed by atoms with E-state index in [2.05, 4.69) is 0 Å². The van der Waals surface area contributed by atoms with Crippen LogP contribution in [0.3, 0.4) is 0 Å². The first kappa shape index (κ1) is 4.43. The molecule has 6 heavy (non-hydrogen) atoms. The van der Waals surface area contributed by atoms with Crippen molar-refractivity contribution in [3.63, 3.8) is 0 Å². The zero-order chi connectivity index (χ0) is 4.41. The van der Waals surface area contributed by atoms with E-state index in [1.165, 1.54) is 12.0 Å². The summed E-state index contributed by atoms with van der Waals surface area (Å²) in [7, 11) is 0. The molecule has 0 N–H and O–H groups in total. The van der Waals surface area contributed by atoms with E-state index < -0.39 is 0 Å². The van der Waals surface area contributed by atoms with Crippen LogP contribution in [0.2, 0.25) is 0 Å². The third kappa shape index (κ3) is 0.864. The lowest BCUT2D eigenvalue weighted by Gasteiger charge is -2.05. The van der Waals surface area contributed by atoms with Crippen molar-refractivity contribution in [2.75, 3.05) is 12.4 Å². The summed E-state index contributed by atoms with van der Waals surface area (Å²) in [5, 5.41) is 10.0. The van der Waals surface area contributed by atoms with E-state index in [0.29, 0.717) is 6.61 Å². The van der Waals surface area contributed by atoms with Gasteiger partial charge in [-0.3, -0.25) is 0 Å². The second kappa shape index (κ2) is 1.82. The molecule has 36 valence electrons. The molecule has 0 aromatic heterocycles. The molecule has 0 saturated carbocycles. The molecule has 1 fully saturated rings. The smallest absolute Gasteiger partial charge is 0.194 e. The van der Waals surface area contributed by atoms with Crippen LogP contribution in [0.5, 0.6) is 0 Å². The largest absolute Gasteiger partial charge is 0.518 e. The summed E-state index contributed by atoms with van der Waals surface area (Å²) in [5.74, 6) is 0.980. The van der Waals surface area contributed by atoms with Gasteiger partial charge in [0, 0.05) is 6.42 Å². The standard InChI is InChI=1S/C3H6O2S/c4-5-2-1-3-6-5/h1-3H2. The van der Waals surface area contributed by atoms with E-state index in [0.717, 1.165) is 12.2 Å². The summed E-state index contributed by atoms with van der Waals surface area (Å²) in [6, 6.07) is 0. The summed E-state index contributed by atoms with van der Waals surface area (Å²) in [4.78, 5) is 0. The maximum Gasteiger partial charge on any atom is 0.194 e. The highest BCUT2D eigenvalue weighted by Gasteiger charge is 2.10. The molecule has 3 heteroatoms. The SMILES string of the molecule is [O-][O+]1CCCS1. The van der Waals surface area contributed by atoms with Crippen molar-refractivity contribution in [2.24, 2.45) is 0 Å². The topological polar surface area (TPSA) is 25.8 Å². The monoisotopic (exact) mass is 106 g/mol. The lowest BCUT2D eigenvalue weighted by Crippen LogP contribution is -2.14. The van der Waals surface area contributed by atoms with Crippen LogP contribution in [0.25, 0.3) is 0 Å². The molecule has 1 saturated heterocycles. The minimum atomic E-state index is 0.644. The minimum absolute atomic E-state index is 0.644. The van der Waals surface area contributed by atoms with Crippen molar-refractivity contribution >= 4 is 12.0 Å². The van der Waals surface area contributed by atoms with Crippen LogP contribution in [0, 0.1) is 0 Å². The predicted molar refractivity (Wildman–Crippen MR) is 23.0 cm³/mol. The molecule has 0 radical (unpaired) electrons. The van der Waals surface area contributed by atoms with Crippen molar-refractivity contribution in [2.45, 2.75) is 6.42 Å². The molecule has 0 bridgehead atoms. The molecular weight excluding hydrogens is 100 g/mol. The molecule has 0 spiro atoms. The van der Waals surface area contributed by atoms with Gasteiger partial charge < -0.3 is 9.22 Å². The summed E-state index contributed by atoms with van der Waals surface area (Å²) < 4.78 is 1.69. The lowest BCUT2D eigenvalue weighted by molar-refractivity contribution is -0.726. The van der Waals surface area contributed by atoms with Crippen molar-refractivity contribution < 1.29 is 9.22 Å². The van der Waals surface area contributed by atoms with Crippen molar-refractivity contribution in [1.82, 2.24) is 0 Å². The van der Waals surface area contributed by atoms with Gasteiger partial charge in [0.15, 0.2) is 18.6 Å². The van der Waals surface area contributed by atoms with Gasteiger partial charge in [-0.1, -0.05) is 0 Å². The fourth-order valence-corrected chi connectivity index (χ4v) is 1.04. The number of rotatable bonds is 0. The van der Waals surface area contributed by atoms with E-state index >= 15 is 0 Å². The van der Waals surface area contributed by atoms with E-state index in [4.69, 9.17) is 0 Å². The van der Waals surface area contributed by atoms with E-state index in [-0.39, 0.29) is 0 Å². The first-order chi connectivity index (χ1) is 2.89. The summed E-state index contributed by atoms with van der Waals surface area (Å²) in [5.41, 5.74) is 0. The van der Waals surface area contributed by atoms with Gasteiger partial charge in [-0.05, 0) is 0 Å². The van der Waals surface area contributed by atoms with E-state index in [1.54, 1.807) is 3.96 Å². The maximum absolute atomic E-state index is 10.0. The van der Waals surface area contributed by atoms with Crippen LogP contribution in [0.1, 0.15) is 6.42 Å². The summed E-state index contributed by atoms with van der Waals surface area (Å²) in [6.07, 6.45) is 1.03. The second-order valence-electron chi connectivity index (χ2n) is 1.18. The molecule has 1 rings (SSSR count). The molecule has 0 aliphatic carbocycles. The van der Waals surface area contributed by atoms with Gasteiger partial charge in [0.1, 0.15) is 0 Å². The number of hydrogen-bond acceptors (Lipinski definition) is 2. The first-order valence-electron chi connectivity index (χ1n) is 1.91. The highest BCUT2D eigenvalue weighted by atomic mass is 32.2. The third-order valence-electron chi connectivity index (χ3n) is 0.670. The van der Waals surface area contributed by atoms with Gasteiger partial charge in [0.2, 0.25) is 0 Å². The Morgan fingerprint density at radius 2 is 2.50 bits per heavy atom. The average molecular weight is 106 g/mol. The Kier molecular flexibility index (Phi) is 1.34. The van der Waals surface area contributed by atoms with Crippen LogP contribution in [-0.4, -0.2) is 12.4 Å². The molecule has 0 aromatic carbocycles. The van der Waals surface area contributed by atoms with Crippen molar-refractivity contribution in [1.29, 1.82) is 0 Å². The zero-order valence-electron chi connectivity index (χ0n) is 3.35. The van der Waals surface area contributed by atoms with Crippen LogP contribution >= 0.6 is 12.0 Å². The highest BCUT2D eigenvalue weighted by Crippen LogP contribution is 2.18. The Morgan fingerprint density at radius 1 is 1.67 bits per heavy atom. The summed E-state index contributed by atoms with van der Waals surface area (Å²) in [6.45, 7) is 0.644. The molecule has 2 nitrogen and oxygen atoms in total. The van der Waals surface area contributed by atoms with E-state index in [9.17, 15) is 5.26 Å². The summed E-state index contributed by atoms with van der Waals surface area (Å²) >= 11 is 1.29. The Hall–Kier alpha value is 0.270. The van der Waals surface area contributed by atoms with Crippen LogP contribution in [0.15, 0.2) is 0 Å². The Morgan fingerprint density at radius 3 is 2.67 bits per heavy atom. The van der Waals surface area contributed by atoms with Crippen LogP contribution < -0.4 is 5.26 Å². The molecule has 0 aromatic rings. The average Bonchev–Trinajstić information content (AvgIpc) is 1.86. The maximum atomic E-state index is 10.0. The molecule has 1 aliphatic rings. The molecule has 1 aliphatic heterocycles. The van der Waals surface area contributed by atoms with Crippen molar-refractivity contribution in [3.8, 4) is 0 Å². The Balaban J connectivity index is 2.18. The van der Waals surface area contributed by atoms with E-state index in [1.807, 2.05) is 0 Å². The minimum Gasteiger partial charge on any atom is -0.518 e. The molecular formula is C3H6O2S. The fraction of sp³-hybridized carbons (Fsp3) is 1.00. The quantitative estimate of drug-likeness (QED) is 0.244. The lowest BCUT2D eigenvalue weighted by atomic mass is 10.5. The van der Waals surface area contributed by atoms with Gasteiger partial charge in [-0.2, -0.15) is 0 Å². The molecule has 1 heterocycles. The van der Waals surface area contributed by atoms with Gasteiger partial charge in [-0.15, -0.1) is 0 Å². The van der Waals surface area contributed by atoms with Gasteiger partial charge >= 0.3 is 0 Å². The third-order valence-corrected chi connectivity index (χ3v) is 1.56. The van der Waals surface area contributed by atoms with Gasteiger partial charge in [0.05, 0.1) is 5.75 Å². The Bertz CT molecular complexity index is 42.1. The zero-order valence-corrected chi connectivity index (χ0v) is 4.16. The van der Waals surface area contributed by atoms with Crippen LogP contribution in [0.4, 0.5) is 0 Å².